The summed E-state index contributed by atoms with van der Waals surface area (Å²) in [6, 6.07) is 8.34. The quantitative estimate of drug-likeness (QED) is 0.681. The molecule has 1 aliphatic rings. The maximum absolute atomic E-state index is 12.0. The molecule has 1 heterocycles. The number of aromatic nitrogens is 1. The average molecular weight is 328 g/mol. The molecule has 4 heteroatoms. The van der Waals surface area contributed by atoms with E-state index >= 15 is 0 Å². The summed E-state index contributed by atoms with van der Waals surface area (Å²) in [6.45, 7) is 0.721. The Morgan fingerprint density at radius 3 is 3.00 bits per heavy atom. The molecule has 3 rings (SSSR count). The van der Waals surface area contributed by atoms with Gasteiger partial charge in [0.05, 0.1) is 6.10 Å². The summed E-state index contributed by atoms with van der Waals surface area (Å²) in [7, 11) is 0. The SMILES string of the molecule is O=C(CCc1ccc2[nH]ccc2c1)NCCCC1CCCCC1O. The van der Waals surface area contributed by atoms with Crippen molar-refractivity contribution in [3.63, 3.8) is 0 Å². The number of carbonyl (C=O) groups excluding carboxylic acids is 1. The third kappa shape index (κ3) is 4.60. The van der Waals surface area contributed by atoms with Crippen LogP contribution in [0.4, 0.5) is 0 Å². The molecule has 0 bridgehead atoms. The van der Waals surface area contributed by atoms with E-state index in [1.54, 1.807) is 0 Å². The standard InChI is InChI=1S/C20H28N2O2/c23-19-6-2-1-4-16(19)5-3-12-22-20(24)10-8-15-7-9-18-17(14-15)11-13-21-18/h7,9,11,13-14,16,19,21,23H,1-6,8,10,12H2,(H,22,24). The normalized spacial score (nSPS) is 21.0. The molecule has 0 radical (unpaired) electrons. The Labute approximate surface area is 143 Å². The van der Waals surface area contributed by atoms with E-state index in [4.69, 9.17) is 0 Å². The molecule has 1 aromatic heterocycles. The number of aryl methyl sites for hydroxylation is 1. The van der Waals surface area contributed by atoms with Gasteiger partial charge in [0, 0.05) is 24.7 Å². The van der Waals surface area contributed by atoms with Gasteiger partial charge in [0.25, 0.3) is 0 Å². The third-order valence-electron chi connectivity index (χ3n) is 5.20. The molecule has 4 nitrogen and oxygen atoms in total. The Balaban J connectivity index is 1.33. The maximum atomic E-state index is 12.0. The molecule has 0 saturated heterocycles. The van der Waals surface area contributed by atoms with E-state index in [0.29, 0.717) is 12.3 Å². The van der Waals surface area contributed by atoms with Crippen molar-refractivity contribution in [2.45, 2.75) is 57.5 Å². The molecule has 1 aromatic carbocycles. The van der Waals surface area contributed by atoms with Crippen molar-refractivity contribution in [3.05, 3.63) is 36.0 Å². The van der Waals surface area contributed by atoms with Gasteiger partial charge in [-0.25, -0.2) is 0 Å². The minimum Gasteiger partial charge on any atom is -0.393 e. The van der Waals surface area contributed by atoms with Crippen LogP contribution in [0.1, 0.15) is 50.5 Å². The zero-order valence-corrected chi connectivity index (χ0v) is 14.3. The third-order valence-corrected chi connectivity index (χ3v) is 5.20. The molecule has 3 N–H and O–H groups in total. The molecular weight excluding hydrogens is 300 g/mol. The molecule has 24 heavy (non-hydrogen) atoms. The number of hydrogen-bond donors (Lipinski definition) is 3. The van der Waals surface area contributed by atoms with Crippen LogP contribution in [0.5, 0.6) is 0 Å². The predicted octanol–water partition coefficient (Wildman–Crippen LogP) is 3.55. The lowest BCUT2D eigenvalue weighted by Gasteiger charge is -2.27. The summed E-state index contributed by atoms with van der Waals surface area (Å²) >= 11 is 0. The summed E-state index contributed by atoms with van der Waals surface area (Å²) in [5.41, 5.74) is 2.33. The number of nitrogens with one attached hydrogen (secondary N) is 2. The summed E-state index contributed by atoms with van der Waals surface area (Å²) in [6.07, 6.45) is 9.56. The van der Waals surface area contributed by atoms with Gasteiger partial charge in [-0.05, 0) is 67.2 Å². The first-order valence-electron chi connectivity index (χ1n) is 9.23. The van der Waals surface area contributed by atoms with Crippen molar-refractivity contribution in [1.82, 2.24) is 10.3 Å². The van der Waals surface area contributed by atoms with Gasteiger partial charge in [0.15, 0.2) is 0 Å². The highest BCUT2D eigenvalue weighted by Crippen LogP contribution is 2.27. The fourth-order valence-corrected chi connectivity index (χ4v) is 3.72. The number of H-pyrrole nitrogens is 1. The van der Waals surface area contributed by atoms with Gasteiger partial charge in [0.2, 0.25) is 5.91 Å². The molecular formula is C20H28N2O2. The van der Waals surface area contributed by atoms with Gasteiger partial charge in [-0.2, -0.15) is 0 Å². The van der Waals surface area contributed by atoms with Gasteiger partial charge in [0.1, 0.15) is 0 Å². The lowest BCUT2D eigenvalue weighted by Crippen LogP contribution is -2.28. The molecule has 2 atom stereocenters. The Morgan fingerprint density at radius 1 is 1.25 bits per heavy atom. The number of aliphatic hydroxyl groups excluding tert-OH is 1. The first-order chi connectivity index (χ1) is 11.7. The zero-order chi connectivity index (χ0) is 16.8. The van der Waals surface area contributed by atoms with Gasteiger partial charge in [-0.3, -0.25) is 4.79 Å². The van der Waals surface area contributed by atoms with E-state index in [1.807, 2.05) is 6.20 Å². The van der Waals surface area contributed by atoms with Gasteiger partial charge < -0.3 is 15.4 Å². The van der Waals surface area contributed by atoms with Crippen LogP contribution in [0.25, 0.3) is 10.9 Å². The topological polar surface area (TPSA) is 65.1 Å². The maximum Gasteiger partial charge on any atom is 0.220 e. The smallest absolute Gasteiger partial charge is 0.220 e. The Bertz CT molecular complexity index is 664. The second-order valence-corrected chi connectivity index (χ2v) is 7.00. The Kier molecular flexibility index (Phi) is 5.91. The van der Waals surface area contributed by atoms with Crippen LogP contribution in [0, 0.1) is 5.92 Å². The van der Waals surface area contributed by atoms with Crippen LogP contribution in [-0.2, 0) is 11.2 Å². The molecule has 0 spiro atoms. The number of aromatic amines is 1. The first kappa shape index (κ1) is 17.0. The highest BCUT2D eigenvalue weighted by molar-refractivity contribution is 5.80. The molecule has 130 valence electrons. The highest BCUT2D eigenvalue weighted by atomic mass is 16.3. The fraction of sp³-hybridized carbons (Fsp3) is 0.550. The molecule has 2 unspecified atom stereocenters. The van der Waals surface area contributed by atoms with Crippen LogP contribution < -0.4 is 5.32 Å². The Morgan fingerprint density at radius 2 is 2.12 bits per heavy atom. The van der Waals surface area contributed by atoms with Gasteiger partial charge >= 0.3 is 0 Å². The fourth-order valence-electron chi connectivity index (χ4n) is 3.72. The lowest BCUT2D eigenvalue weighted by molar-refractivity contribution is -0.121. The van der Waals surface area contributed by atoms with Crippen LogP contribution in [0.15, 0.2) is 30.5 Å². The number of amides is 1. The summed E-state index contributed by atoms with van der Waals surface area (Å²) < 4.78 is 0. The second kappa shape index (κ2) is 8.34. The van der Waals surface area contributed by atoms with Crippen LogP contribution >= 0.6 is 0 Å². The largest absolute Gasteiger partial charge is 0.393 e. The molecule has 1 saturated carbocycles. The molecule has 1 amide bonds. The number of hydrogen-bond acceptors (Lipinski definition) is 2. The summed E-state index contributed by atoms with van der Waals surface area (Å²) in [5, 5.41) is 14.2. The van der Waals surface area contributed by atoms with E-state index in [1.165, 1.54) is 17.4 Å². The number of carbonyl (C=O) groups is 1. The van der Waals surface area contributed by atoms with Crippen molar-refractivity contribution in [2.24, 2.45) is 5.92 Å². The lowest BCUT2D eigenvalue weighted by atomic mass is 9.83. The molecule has 1 aliphatic carbocycles. The van der Waals surface area contributed by atoms with Crippen LogP contribution in [-0.4, -0.2) is 28.6 Å². The van der Waals surface area contributed by atoms with E-state index in [0.717, 1.165) is 50.6 Å². The van der Waals surface area contributed by atoms with Crippen molar-refractivity contribution < 1.29 is 9.90 Å². The van der Waals surface area contributed by atoms with Crippen molar-refractivity contribution in [2.75, 3.05) is 6.54 Å². The second-order valence-electron chi connectivity index (χ2n) is 7.00. The van der Waals surface area contributed by atoms with E-state index in [2.05, 4.69) is 34.6 Å². The van der Waals surface area contributed by atoms with Gasteiger partial charge in [-0.1, -0.05) is 18.9 Å². The molecule has 0 aliphatic heterocycles. The number of aliphatic hydroxyl groups is 1. The number of benzene rings is 1. The summed E-state index contributed by atoms with van der Waals surface area (Å²) in [4.78, 5) is 15.2. The van der Waals surface area contributed by atoms with Crippen molar-refractivity contribution in [1.29, 1.82) is 0 Å². The molecule has 1 fully saturated rings. The van der Waals surface area contributed by atoms with E-state index in [-0.39, 0.29) is 12.0 Å². The van der Waals surface area contributed by atoms with Crippen LogP contribution in [0.3, 0.4) is 0 Å². The minimum atomic E-state index is -0.127. The minimum absolute atomic E-state index is 0.119. The van der Waals surface area contributed by atoms with E-state index in [9.17, 15) is 9.90 Å². The van der Waals surface area contributed by atoms with Crippen molar-refractivity contribution in [3.8, 4) is 0 Å². The Hall–Kier alpha value is -1.81. The molecule has 2 aromatic rings. The van der Waals surface area contributed by atoms with E-state index < -0.39 is 0 Å². The van der Waals surface area contributed by atoms with Crippen LogP contribution in [0.2, 0.25) is 0 Å². The van der Waals surface area contributed by atoms with Gasteiger partial charge in [-0.15, -0.1) is 0 Å². The highest BCUT2D eigenvalue weighted by Gasteiger charge is 2.22. The number of fused-ring (bicyclic) bond motifs is 1. The number of rotatable bonds is 7. The summed E-state index contributed by atoms with van der Waals surface area (Å²) in [5.74, 6) is 0.553. The monoisotopic (exact) mass is 328 g/mol. The van der Waals surface area contributed by atoms with Crippen molar-refractivity contribution >= 4 is 16.8 Å². The average Bonchev–Trinajstić information content (AvgIpc) is 3.06. The zero-order valence-electron chi connectivity index (χ0n) is 14.3. The first-order valence-corrected chi connectivity index (χ1v) is 9.23. The predicted molar refractivity (Wildman–Crippen MR) is 96.8 cm³/mol.